The number of ether oxygens (including phenoxy) is 2. The Morgan fingerprint density at radius 2 is 2.12 bits per heavy atom. The number of carbonyl (C=O) groups is 2. The normalized spacial score (nSPS) is 10.0. The average Bonchev–Trinajstić information content (AvgIpc) is 2.91. The van der Waals surface area contributed by atoms with Crippen molar-refractivity contribution in [3.8, 4) is 17.5 Å². The van der Waals surface area contributed by atoms with Crippen molar-refractivity contribution < 1.29 is 24.2 Å². The van der Waals surface area contributed by atoms with E-state index in [1.807, 2.05) is 6.07 Å². The quantitative estimate of drug-likeness (QED) is 0.801. The Morgan fingerprint density at radius 1 is 1.42 bits per heavy atom. The summed E-state index contributed by atoms with van der Waals surface area (Å²) in [4.78, 5) is 23.4. The van der Waals surface area contributed by atoms with Gasteiger partial charge in [0.25, 0.3) is 0 Å². The molecule has 0 aliphatic rings. The third-order valence-electron chi connectivity index (χ3n) is 3.32. The van der Waals surface area contributed by atoms with E-state index in [0.29, 0.717) is 12.3 Å². The van der Waals surface area contributed by atoms with Gasteiger partial charge in [-0.3, -0.25) is 0 Å². The second-order valence-electron chi connectivity index (χ2n) is 4.70. The molecule has 8 heteroatoms. The molecule has 0 saturated carbocycles. The third kappa shape index (κ3) is 2.87. The lowest BCUT2D eigenvalue weighted by Gasteiger charge is -2.12. The molecule has 0 unspecified atom stereocenters. The van der Waals surface area contributed by atoms with Crippen LogP contribution in [0, 0.1) is 11.3 Å². The smallest absolute Gasteiger partial charge is 0.357 e. The summed E-state index contributed by atoms with van der Waals surface area (Å²) in [5.74, 6) is -1.71. The molecule has 2 aromatic rings. The van der Waals surface area contributed by atoms with Crippen LogP contribution in [0.1, 0.15) is 33.3 Å². The van der Waals surface area contributed by atoms with Crippen LogP contribution in [0.4, 0.5) is 5.69 Å². The minimum absolute atomic E-state index is 0.0323. The molecule has 124 valence electrons. The number of nitrogen functional groups attached to an aromatic ring is 1. The molecule has 0 radical (unpaired) electrons. The van der Waals surface area contributed by atoms with E-state index in [2.05, 4.69) is 4.74 Å². The van der Waals surface area contributed by atoms with Crippen molar-refractivity contribution >= 4 is 17.6 Å². The number of carbonyl (C=O) groups excluding carboxylic acids is 1. The van der Waals surface area contributed by atoms with Crippen molar-refractivity contribution in [3.63, 3.8) is 0 Å². The molecule has 0 aliphatic carbocycles. The van der Waals surface area contributed by atoms with Gasteiger partial charge in [-0.1, -0.05) is 0 Å². The summed E-state index contributed by atoms with van der Waals surface area (Å²) in [5, 5.41) is 18.4. The number of nitrogens with zero attached hydrogens (tertiary/aromatic N) is 2. The highest BCUT2D eigenvalue weighted by Crippen LogP contribution is 2.28. The molecule has 0 amide bonds. The SMILES string of the molecule is CCOc1ccc(-n2cc(C#N)c(N)c2C(=O)OC)cc1C(=O)O. The highest BCUT2D eigenvalue weighted by molar-refractivity contribution is 5.96. The maximum atomic E-state index is 12.0. The Labute approximate surface area is 137 Å². The van der Waals surface area contributed by atoms with Crippen LogP contribution in [0.25, 0.3) is 5.69 Å². The van der Waals surface area contributed by atoms with Crippen LogP contribution in [0.2, 0.25) is 0 Å². The fourth-order valence-electron chi connectivity index (χ4n) is 2.23. The molecular weight excluding hydrogens is 314 g/mol. The Balaban J connectivity index is 2.68. The number of carboxylic acid groups (broad SMARTS) is 1. The number of aromatic carboxylic acids is 1. The van der Waals surface area contributed by atoms with E-state index in [0.717, 1.165) is 0 Å². The fourth-order valence-corrected chi connectivity index (χ4v) is 2.23. The van der Waals surface area contributed by atoms with Crippen molar-refractivity contribution in [2.75, 3.05) is 19.5 Å². The largest absolute Gasteiger partial charge is 0.493 e. The number of nitriles is 1. The van der Waals surface area contributed by atoms with Crippen LogP contribution < -0.4 is 10.5 Å². The summed E-state index contributed by atoms with van der Waals surface area (Å²) in [6.07, 6.45) is 1.35. The Kier molecular flexibility index (Phi) is 4.75. The summed E-state index contributed by atoms with van der Waals surface area (Å²) in [6.45, 7) is 2.04. The molecule has 0 spiro atoms. The maximum Gasteiger partial charge on any atom is 0.357 e. The molecule has 1 heterocycles. The topological polar surface area (TPSA) is 128 Å². The first-order valence-corrected chi connectivity index (χ1v) is 6.94. The minimum Gasteiger partial charge on any atom is -0.493 e. The molecule has 24 heavy (non-hydrogen) atoms. The monoisotopic (exact) mass is 329 g/mol. The number of hydrogen-bond acceptors (Lipinski definition) is 6. The van der Waals surface area contributed by atoms with Gasteiger partial charge in [-0.05, 0) is 25.1 Å². The zero-order valence-corrected chi connectivity index (χ0v) is 13.1. The number of rotatable bonds is 5. The molecule has 0 bridgehead atoms. The molecule has 8 nitrogen and oxygen atoms in total. The van der Waals surface area contributed by atoms with Gasteiger partial charge in [0.05, 0.1) is 25.0 Å². The van der Waals surface area contributed by atoms with Gasteiger partial charge in [-0.15, -0.1) is 0 Å². The first kappa shape index (κ1) is 16.9. The maximum absolute atomic E-state index is 12.0. The van der Waals surface area contributed by atoms with E-state index < -0.39 is 11.9 Å². The predicted molar refractivity (Wildman–Crippen MR) is 84.4 cm³/mol. The summed E-state index contributed by atoms with van der Waals surface area (Å²) in [5.41, 5.74) is 6.09. The molecule has 3 N–H and O–H groups in total. The summed E-state index contributed by atoms with van der Waals surface area (Å²) in [6, 6.07) is 6.25. The van der Waals surface area contributed by atoms with Gasteiger partial charge in [0.2, 0.25) is 0 Å². The fraction of sp³-hybridized carbons (Fsp3) is 0.188. The number of hydrogen-bond donors (Lipinski definition) is 2. The first-order valence-electron chi connectivity index (χ1n) is 6.94. The molecule has 1 aromatic heterocycles. The first-order chi connectivity index (χ1) is 11.4. The number of methoxy groups -OCH3 is 1. The van der Waals surface area contributed by atoms with Gasteiger partial charge in [0.15, 0.2) is 5.69 Å². The van der Waals surface area contributed by atoms with Crippen LogP contribution in [0.5, 0.6) is 5.75 Å². The minimum atomic E-state index is -1.18. The van der Waals surface area contributed by atoms with E-state index >= 15 is 0 Å². The van der Waals surface area contributed by atoms with Crippen LogP contribution >= 0.6 is 0 Å². The molecular formula is C16H15N3O5. The lowest BCUT2D eigenvalue weighted by atomic mass is 10.1. The van der Waals surface area contributed by atoms with Gasteiger partial charge >= 0.3 is 11.9 Å². The lowest BCUT2D eigenvalue weighted by Crippen LogP contribution is -2.12. The Hall–Kier alpha value is -3.47. The standard InChI is InChI=1S/C16H15N3O5/c1-3-24-12-5-4-10(6-11(12)15(20)21)19-8-9(7-17)13(18)14(19)16(22)23-2/h4-6,8H,3,18H2,1-2H3,(H,20,21). The molecule has 0 fully saturated rings. The molecule has 0 aliphatic heterocycles. The van der Waals surface area contributed by atoms with E-state index in [1.165, 1.54) is 30.0 Å². The zero-order chi connectivity index (χ0) is 17.9. The van der Waals surface area contributed by atoms with Crippen molar-refractivity contribution in [2.45, 2.75) is 6.92 Å². The summed E-state index contributed by atoms with van der Waals surface area (Å²) in [7, 11) is 1.19. The number of carboxylic acids is 1. The van der Waals surface area contributed by atoms with Crippen molar-refractivity contribution in [3.05, 3.63) is 41.2 Å². The van der Waals surface area contributed by atoms with Gasteiger partial charge in [-0.25, -0.2) is 9.59 Å². The third-order valence-corrected chi connectivity index (χ3v) is 3.32. The molecule has 1 aromatic carbocycles. The highest BCUT2D eigenvalue weighted by atomic mass is 16.5. The Bertz CT molecular complexity index is 848. The summed E-state index contributed by atoms with van der Waals surface area (Å²) < 4.78 is 11.3. The average molecular weight is 329 g/mol. The second-order valence-corrected chi connectivity index (χ2v) is 4.70. The number of anilines is 1. The van der Waals surface area contributed by atoms with E-state index in [4.69, 9.17) is 15.7 Å². The van der Waals surface area contributed by atoms with Crippen LogP contribution in [-0.4, -0.2) is 35.3 Å². The Morgan fingerprint density at radius 3 is 2.67 bits per heavy atom. The summed E-state index contributed by atoms with van der Waals surface area (Å²) >= 11 is 0. The highest BCUT2D eigenvalue weighted by Gasteiger charge is 2.23. The van der Waals surface area contributed by atoms with E-state index in [-0.39, 0.29) is 28.3 Å². The lowest BCUT2D eigenvalue weighted by molar-refractivity contribution is 0.0592. The van der Waals surface area contributed by atoms with Gasteiger partial charge in [0, 0.05) is 11.9 Å². The van der Waals surface area contributed by atoms with Gasteiger partial charge in [-0.2, -0.15) is 5.26 Å². The number of nitrogens with two attached hydrogens (primary N) is 1. The number of esters is 1. The molecule has 0 atom stereocenters. The molecule has 0 saturated heterocycles. The van der Waals surface area contributed by atoms with Crippen LogP contribution in [-0.2, 0) is 4.74 Å². The second kappa shape index (κ2) is 6.75. The van der Waals surface area contributed by atoms with Crippen molar-refractivity contribution in [1.29, 1.82) is 5.26 Å². The van der Waals surface area contributed by atoms with E-state index in [9.17, 15) is 14.7 Å². The number of benzene rings is 1. The zero-order valence-electron chi connectivity index (χ0n) is 13.1. The van der Waals surface area contributed by atoms with Gasteiger partial charge < -0.3 is 24.9 Å². The van der Waals surface area contributed by atoms with Gasteiger partial charge in [0.1, 0.15) is 17.4 Å². The predicted octanol–water partition coefficient (Wildman–Crippen LogP) is 1.81. The number of aromatic nitrogens is 1. The molecule has 2 rings (SSSR count). The van der Waals surface area contributed by atoms with Crippen molar-refractivity contribution in [2.24, 2.45) is 0 Å². The van der Waals surface area contributed by atoms with E-state index in [1.54, 1.807) is 13.0 Å². The van der Waals surface area contributed by atoms with Crippen LogP contribution in [0.15, 0.2) is 24.4 Å². The van der Waals surface area contributed by atoms with Crippen LogP contribution in [0.3, 0.4) is 0 Å². The van der Waals surface area contributed by atoms with Crippen molar-refractivity contribution in [1.82, 2.24) is 4.57 Å².